The Labute approximate surface area is 157 Å². The minimum absolute atomic E-state index is 0.0458. The molecule has 3 aromatic heterocycles. The molecule has 1 amide bonds. The number of aromatic nitrogens is 4. The van der Waals surface area contributed by atoms with Crippen LogP contribution in [0, 0.1) is 20.8 Å². The van der Waals surface area contributed by atoms with E-state index in [-0.39, 0.29) is 11.7 Å². The Balaban J connectivity index is 1.84. The number of hydrogen-bond donors (Lipinski definition) is 2. The zero-order valence-corrected chi connectivity index (χ0v) is 16.2. The lowest BCUT2D eigenvalue weighted by atomic mass is 10.0. The van der Waals surface area contributed by atoms with Crippen LogP contribution in [0.4, 0.5) is 5.69 Å². The second kappa shape index (κ2) is 7.19. The highest BCUT2D eigenvalue weighted by Gasteiger charge is 2.21. The summed E-state index contributed by atoms with van der Waals surface area (Å²) in [5.41, 5.74) is 4.95. The number of carbonyl (C=O) groups excluding carboxylic acids is 2. The monoisotopic (exact) mass is 365 g/mol. The molecule has 7 heteroatoms. The van der Waals surface area contributed by atoms with Gasteiger partial charge < -0.3 is 10.3 Å². The van der Waals surface area contributed by atoms with Crippen molar-refractivity contribution in [2.45, 2.75) is 41.0 Å². The Bertz CT molecular complexity index is 1010. The molecule has 0 aliphatic carbocycles. The van der Waals surface area contributed by atoms with Crippen LogP contribution in [0.1, 0.15) is 57.3 Å². The molecule has 0 fully saturated rings. The first-order valence-electron chi connectivity index (χ1n) is 8.85. The molecule has 0 radical (unpaired) electrons. The lowest BCUT2D eigenvalue weighted by Crippen LogP contribution is -2.15. The van der Waals surface area contributed by atoms with Gasteiger partial charge in [0.1, 0.15) is 5.69 Å². The zero-order valence-electron chi connectivity index (χ0n) is 16.2. The largest absolute Gasteiger partial charge is 0.354 e. The fraction of sp³-hybridized carbons (Fsp3) is 0.300. The highest BCUT2D eigenvalue weighted by atomic mass is 16.2. The number of carbonyl (C=O) groups is 2. The van der Waals surface area contributed by atoms with Gasteiger partial charge in [-0.05, 0) is 57.9 Å². The number of nitrogens with zero attached hydrogens (tertiary/aromatic N) is 3. The van der Waals surface area contributed by atoms with Crippen LogP contribution in [0.5, 0.6) is 0 Å². The lowest BCUT2D eigenvalue weighted by molar-refractivity contribution is 0.101. The van der Waals surface area contributed by atoms with Gasteiger partial charge in [-0.3, -0.25) is 9.59 Å². The number of anilines is 1. The summed E-state index contributed by atoms with van der Waals surface area (Å²) in [5.74, 6) is 0.348. The molecule has 0 aromatic carbocycles. The number of Topliss-reactive ketones (excluding diaryl/α,β-unsaturated/α-hetero) is 1. The summed E-state index contributed by atoms with van der Waals surface area (Å²) >= 11 is 0. The van der Waals surface area contributed by atoms with Crippen LogP contribution in [0.2, 0.25) is 0 Å². The standard InChI is InChI=1S/C20H23N5O2/c1-6-16-18(14(5)26)13(4)22-19(16)20(27)23-15-7-8-17(21-10-15)25-12(3)9-11(2)24-25/h7-10,22H,6H2,1-5H3,(H,23,27). The molecule has 0 atom stereocenters. The molecule has 0 saturated heterocycles. The van der Waals surface area contributed by atoms with E-state index in [0.717, 1.165) is 17.0 Å². The van der Waals surface area contributed by atoms with Crippen molar-refractivity contribution in [1.29, 1.82) is 0 Å². The Hall–Kier alpha value is -3.22. The maximum Gasteiger partial charge on any atom is 0.272 e. The average molecular weight is 365 g/mol. The number of H-pyrrole nitrogens is 1. The molecule has 0 unspecified atom stereocenters. The first-order valence-corrected chi connectivity index (χ1v) is 8.85. The van der Waals surface area contributed by atoms with Crippen molar-refractivity contribution < 1.29 is 9.59 Å². The molecule has 3 rings (SSSR count). The van der Waals surface area contributed by atoms with Gasteiger partial charge in [0, 0.05) is 17.0 Å². The van der Waals surface area contributed by atoms with Crippen LogP contribution in [0.25, 0.3) is 5.82 Å². The van der Waals surface area contributed by atoms with E-state index in [9.17, 15) is 9.59 Å². The van der Waals surface area contributed by atoms with Crippen LogP contribution < -0.4 is 5.32 Å². The van der Waals surface area contributed by atoms with Gasteiger partial charge in [-0.25, -0.2) is 9.67 Å². The van der Waals surface area contributed by atoms with Crippen molar-refractivity contribution >= 4 is 17.4 Å². The van der Waals surface area contributed by atoms with Crippen LogP contribution in [0.15, 0.2) is 24.4 Å². The van der Waals surface area contributed by atoms with E-state index in [0.29, 0.717) is 34.9 Å². The van der Waals surface area contributed by atoms with Crippen molar-refractivity contribution in [3.63, 3.8) is 0 Å². The third-order valence-electron chi connectivity index (χ3n) is 4.46. The van der Waals surface area contributed by atoms with Crippen LogP contribution >= 0.6 is 0 Å². The van der Waals surface area contributed by atoms with Crippen molar-refractivity contribution in [2.75, 3.05) is 5.32 Å². The number of aromatic amines is 1. The molecule has 27 heavy (non-hydrogen) atoms. The average Bonchev–Trinajstić information content (AvgIpc) is 3.14. The summed E-state index contributed by atoms with van der Waals surface area (Å²) in [6, 6.07) is 5.56. The smallest absolute Gasteiger partial charge is 0.272 e. The number of nitrogens with one attached hydrogen (secondary N) is 2. The summed E-state index contributed by atoms with van der Waals surface area (Å²) in [6.07, 6.45) is 2.19. The van der Waals surface area contributed by atoms with Crippen LogP contribution in [-0.4, -0.2) is 31.4 Å². The van der Waals surface area contributed by atoms with Gasteiger partial charge in [-0.15, -0.1) is 0 Å². The molecular formula is C20H23N5O2. The SMILES string of the molecule is CCc1c(C(=O)Nc2ccc(-n3nc(C)cc3C)nc2)[nH]c(C)c1C(C)=O. The number of ketones is 1. The molecule has 140 valence electrons. The summed E-state index contributed by atoms with van der Waals surface area (Å²) in [4.78, 5) is 32.0. The molecule has 3 aromatic rings. The van der Waals surface area contributed by atoms with Crippen molar-refractivity contribution in [1.82, 2.24) is 19.7 Å². The van der Waals surface area contributed by atoms with Gasteiger partial charge in [0.25, 0.3) is 5.91 Å². The van der Waals surface area contributed by atoms with Crippen molar-refractivity contribution in [3.05, 3.63) is 58.3 Å². The van der Waals surface area contributed by atoms with Gasteiger partial charge in [0.05, 0.1) is 17.6 Å². The molecule has 7 nitrogen and oxygen atoms in total. The maximum atomic E-state index is 12.7. The second-order valence-corrected chi connectivity index (χ2v) is 6.59. The minimum atomic E-state index is -0.289. The van der Waals surface area contributed by atoms with Crippen molar-refractivity contribution in [2.24, 2.45) is 0 Å². The fourth-order valence-corrected chi connectivity index (χ4v) is 3.34. The quantitative estimate of drug-likeness (QED) is 0.677. The topological polar surface area (TPSA) is 92.7 Å². The predicted molar refractivity (Wildman–Crippen MR) is 104 cm³/mol. The molecule has 0 spiro atoms. The third-order valence-corrected chi connectivity index (χ3v) is 4.46. The summed E-state index contributed by atoms with van der Waals surface area (Å²) in [7, 11) is 0. The molecule has 3 heterocycles. The number of rotatable bonds is 5. The number of pyridine rings is 1. The lowest BCUT2D eigenvalue weighted by Gasteiger charge is -2.08. The Kier molecular flexibility index (Phi) is 4.94. The highest BCUT2D eigenvalue weighted by Crippen LogP contribution is 2.21. The van der Waals surface area contributed by atoms with Gasteiger partial charge in [0.15, 0.2) is 11.6 Å². The van der Waals surface area contributed by atoms with E-state index < -0.39 is 0 Å². The van der Waals surface area contributed by atoms with Crippen LogP contribution in [0.3, 0.4) is 0 Å². The van der Waals surface area contributed by atoms with Gasteiger partial charge in [-0.1, -0.05) is 6.92 Å². The maximum absolute atomic E-state index is 12.7. The van der Waals surface area contributed by atoms with Gasteiger partial charge in [-0.2, -0.15) is 5.10 Å². The van der Waals surface area contributed by atoms with E-state index in [1.54, 1.807) is 29.9 Å². The molecular weight excluding hydrogens is 342 g/mol. The Morgan fingerprint density at radius 3 is 2.48 bits per heavy atom. The number of hydrogen-bond acceptors (Lipinski definition) is 4. The molecule has 0 aliphatic rings. The van der Waals surface area contributed by atoms with E-state index >= 15 is 0 Å². The Morgan fingerprint density at radius 1 is 1.22 bits per heavy atom. The van der Waals surface area contributed by atoms with E-state index in [1.165, 1.54) is 6.92 Å². The normalized spacial score (nSPS) is 10.9. The summed E-state index contributed by atoms with van der Waals surface area (Å²) in [6.45, 7) is 9.13. The Morgan fingerprint density at radius 2 is 1.96 bits per heavy atom. The third kappa shape index (κ3) is 3.53. The molecule has 0 saturated carbocycles. The molecule has 2 N–H and O–H groups in total. The number of aryl methyl sites for hydroxylation is 3. The first kappa shape index (κ1) is 18.6. The predicted octanol–water partition coefficient (Wildman–Crippen LogP) is 3.54. The van der Waals surface area contributed by atoms with E-state index in [2.05, 4.69) is 20.4 Å². The number of amides is 1. The van der Waals surface area contributed by atoms with Gasteiger partial charge >= 0.3 is 0 Å². The molecule has 0 aliphatic heterocycles. The molecule has 0 bridgehead atoms. The summed E-state index contributed by atoms with van der Waals surface area (Å²) in [5, 5.41) is 7.24. The van der Waals surface area contributed by atoms with Crippen molar-refractivity contribution in [3.8, 4) is 5.82 Å². The highest BCUT2D eigenvalue weighted by molar-refractivity contribution is 6.07. The minimum Gasteiger partial charge on any atom is -0.354 e. The van der Waals surface area contributed by atoms with Gasteiger partial charge in [0.2, 0.25) is 0 Å². The van der Waals surface area contributed by atoms with Crippen LogP contribution in [-0.2, 0) is 6.42 Å². The summed E-state index contributed by atoms with van der Waals surface area (Å²) < 4.78 is 1.75. The van der Waals surface area contributed by atoms with E-state index in [1.807, 2.05) is 26.8 Å². The van der Waals surface area contributed by atoms with E-state index in [4.69, 9.17) is 0 Å². The first-order chi connectivity index (χ1) is 12.8. The fourth-order valence-electron chi connectivity index (χ4n) is 3.34. The second-order valence-electron chi connectivity index (χ2n) is 6.59. The zero-order chi connectivity index (χ0) is 19.7.